The molecule has 0 bridgehead atoms. The predicted molar refractivity (Wildman–Crippen MR) is 64.3 cm³/mol. The first-order valence-electron chi connectivity index (χ1n) is 5.94. The fraction of sp³-hybridized carbons (Fsp3) is 0.714. The van der Waals surface area contributed by atoms with Crippen LogP contribution in [0.15, 0.2) is 23.3 Å². The van der Waals surface area contributed by atoms with Gasteiger partial charge in [0.25, 0.3) is 0 Å². The van der Waals surface area contributed by atoms with Crippen molar-refractivity contribution in [3.8, 4) is 0 Å². The quantitative estimate of drug-likeness (QED) is 0.604. The third kappa shape index (κ3) is 1.94. The number of hydrogen-bond acceptors (Lipinski definition) is 0. The van der Waals surface area contributed by atoms with Gasteiger partial charge in [-0.05, 0) is 36.7 Å². The van der Waals surface area contributed by atoms with Gasteiger partial charge in [0.2, 0.25) is 0 Å². The molecule has 1 rings (SSSR count). The van der Waals surface area contributed by atoms with Gasteiger partial charge in [-0.1, -0.05) is 51.8 Å². The minimum Gasteiger partial charge on any atom is -0.0773 e. The molecule has 1 aliphatic carbocycles. The molecule has 14 heavy (non-hydrogen) atoms. The molecule has 2 unspecified atom stereocenters. The molecule has 1 aliphatic rings. The van der Waals surface area contributed by atoms with Gasteiger partial charge in [0.1, 0.15) is 0 Å². The van der Waals surface area contributed by atoms with Crippen LogP contribution in [-0.2, 0) is 0 Å². The highest BCUT2D eigenvalue weighted by atomic mass is 14.3. The summed E-state index contributed by atoms with van der Waals surface area (Å²) in [4.78, 5) is 0. The molecule has 0 aliphatic heterocycles. The Kier molecular flexibility index (Phi) is 3.58. The Bertz CT molecular complexity index is 257. The smallest absolute Gasteiger partial charge is 0.00452 e. The summed E-state index contributed by atoms with van der Waals surface area (Å²) in [6.07, 6.45) is 8.55. The van der Waals surface area contributed by atoms with Crippen molar-refractivity contribution in [2.75, 3.05) is 0 Å². The summed E-state index contributed by atoms with van der Waals surface area (Å²) in [6, 6.07) is 0. The highest BCUT2D eigenvalue weighted by molar-refractivity contribution is 5.39. The first kappa shape index (κ1) is 11.6. The second-order valence-electron chi connectivity index (χ2n) is 4.91. The highest BCUT2D eigenvalue weighted by Gasteiger charge is 2.29. The fourth-order valence-electron chi connectivity index (χ4n) is 2.49. The Hall–Kier alpha value is -0.520. The van der Waals surface area contributed by atoms with Crippen LogP contribution in [0.3, 0.4) is 0 Å². The third-order valence-electron chi connectivity index (χ3n) is 3.89. The normalized spacial score (nSPS) is 25.6. The third-order valence-corrected chi connectivity index (χ3v) is 3.89. The van der Waals surface area contributed by atoms with Crippen LogP contribution in [0, 0.1) is 11.3 Å². The molecule has 0 radical (unpaired) electrons. The second-order valence-corrected chi connectivity index (χ2v) is 4.91. The minimum absolute atomic E-state index is 0.417. The summed E-state index contributed by atoms with van der Waals surface area (Å²) < 4.78 is 0. The van der Waals surface area contributed by atoms with E-state index in [0.717, 1.165) is 0 Å². The lowest BCUT2D eigenvalue weighted by atomic mass is 9.75. The van der Waals surface area contributed by atoms with Gasteiger partial charge in [-0.2, -0.15) is 0 Å². The maximum atomic E-state index is 2.41. The number of allylic oxidation sites excluding steroid dienone is 4. The zero-order chi connectivity index (χ0) is 10.8. The molecule has 0 aromatic rings. The molecule has 0 aromatic heterocycles. The van der Waals surface area contributed by atoms with E-state index in [1.807, 2.05) is 0 Å². The van der Waals surface area contributed by atoms with Crippen LogP contribution in [0.5, 0.6) is 0 Å². The number of rotatable bonds is 4. The van der Waals surface area contributed by atoms with Gasteiger partial charge >= 0.3 is 0 Å². The molecule has 0 saturated carbocycles. The van der Waals surface area contributed by atoms with E-state index in [1.165, 1.54) is 19.3 Å². The Labute approximate surface area is 89.1 Å². The topological polar surface area (TPSA) is 0 Å². The molecule has 0 heteroatoms. The largest absolute Gasteiger partial charge is 0.0773 e. The molecular weight excluding hydrogens is 168 g/mol. The van der Waals surface area contributed by atoms with Gasteiger partial charge in [0.15, 0.2) is 0 Å². The molecule has 2 atom stereocenters. The zero-order valence-electron chi connectivity index (χ0n) is 10.4. The van der Waals surface area contributed by atoms with Crippen LogP contribution in [0.1, 0.15) is 53.9 Å². The van der Waals surface area contributed by atoms with Crippen molar-refractivity contribution in [1.29, 1.82) is 0 Å². The van der Waals surface area contributed by atoms with E-state index in [0.29, 0.717) is 11.3 Å². The van der Waals surface area contributed by atoms with E-state index < -0.39 is 0 Å². The van der Waals surface area contributed by atoms with E-state index in [2.05, 4.69) is 46.8 Å². The average Bonchev–Trinajstić information content (AvgIpc) is 2.48. The predicted octanol–water partition coefficient (Wildman–Crippen LogP) is 4.73. The molecule has 0 heterocycles. The standard InChI is InChI=1S/C14H24/c1-6-10-14(5,7-2)13-9-8-11(3)12(13)4/h8-9,11H,6-7,10H2,1-5H3. The van der Waals surface area contributed by atoms with Crippen LogP contribution in [-0.4, -0.2) is 0 Å². The summed E-state index contributed by atoms with van der Waals surface area (Å²) in [5, 5.41) is 0. The van der Waals surface area contributed by atoms with Crippen LogP contribution >= 0.6 is 0 Å². The van der Waals surface area contributed by atoms with Crippen LogP contribution < -0.4 is 0 Å². The molecule has 0 nitrogen and oxygen atoms in total. The van der Waals surface area contributed by atoms with Crippen molar-refractivity contribution < 1.29 is 0 Å². The van der Waals surface area contributed by atoms with Crippen molar-refractivity contribution in [3.63, 3.8) is 0 Å². The van der Waals surface area contributed by atoms with Gasteiger partial charge in [0, 0.05) is 0 Å². The summed E-state index contributed by atoms with van der Waals surface area (Å²) in [5.74, 6) is 0.660. The summed E-state index contributed by atoms with van der Waals surface area (Å²) in [6.45, 7) is 11.6. The Morgan fingerprint density at radius 2 is 2.00 bits per heavy atom. The second kappa shape index (κ2) is 4.33. The van der Waals surface area contributed by atoms with Crippen molar-refractivity contribution in [1.82, 2.24) is 0 Å². The maximum Gasteiger partial charge on any atom is -0.00452 e. The van der Waals surface area contributed by atoms with Crippen molar-refractivity contribution in [3.05, 3.63) is 23.3 Å². The molecule has 0 amide bonds. The van der Waals surface area contributed by atoms with Crippen molar-refractivity contribution >= 4 is 0 Å². The van der Waals surface area contributed by atoms with E-state index in [4.69, 9.17) is 0 Å². The van der Waals surface area contributed by atoms with Gasteiger partial charge in [0.05, 0.1) is 0 Å². The summed E-state index contributed by atoms with van der Waals surface area (Å²) in [5.41, 5.74) is 3.61. The van der Waals surface area contributed by atoms with Gasteiger partial charge in [-0.25, -0.2) is 0 Å². The van der Waals surface area contributed by atoms with E-state index in [-0.39, 0.29) is 0 Å². The first-order chi connectivity index (χ1) is 6.55. The molecule has 0 fully saturated rings. The van der Waals surface area contributed by atoms with Crippen molar-refractivity contribution in [2.24, 2.45) is 11.3 Å². The summed E-state index contributed by atoms with van der Waals surface area (Å²) in [7, 11) is 0. The van der Waals surface area contributed by atoms with Gasteiger partial charge < -0.3 is 0 Å². The van der Waals surface area contributed by atoms with Crippen LogP contribution in [0.4, 0.5) is 0 Å². The molecule has 0 saturated heterocycles. The number of hydrogen-bond donors (Lipinski definition) is 0. The van der Waals surface area contributed by atoms with Gasteiger partial charge in [-0.15, -0.1) is 0 Å². The minimum atomic E-state index is 0.417. The highest BCUT2D eigenvalue weighted by Crippen LogP contribution is 2.42. The van der Waals surface area contributed by atoms with Crippen LogP contribution in [0.25, 0.3) is 0 Å². The van der Waals surface area contributed by atoms with E-state index >= 15 is 0 Å². The van der Waals surface area contributed by atoms with E-state index in [9.17, 15) is 0 Å². The monoisotopic (exact) mass is 192 g/mol. The molecule has 0 N–H and O–H groups in total. The maximum absolute atomic E-state index is 2.41. The molecular formula is C14H24. The van der Waals surface area contributed by atoms with Crippen molar-refractivity contribution in [2.45, 2.75) is 53.9 Å². The Morgan fingerprint density at radius 3 is 2.36 bits per heavy atom. The lowest BCUT2D eigenvalue weighted by Gasteiger charge is -2.30. The van der Waals surface area contributed by atoms with Gasteiger partial charge in [-0.3, -0.25) is 0 Å². The molecule has 80 valence electrons. The first-order valence-corrected chi connectivity index (χ1v) is 5.94. The Balaban J connectivity index is 2.95. The SMILES string of the molecule is CCCC(C)(CC)C1=C(C)C(C)C=C1. The zero-order valence-corrected chi connectivity index (χ0v) is 10.4. The lowest BCUT2D eigenvalue weighted by molar-refractivity contribution is 0.352. The fourth-order valence-corrected chi connectivity index (χ4v) is 2.49. The average molecular weight is 192 g/mol. The lowest BCUT2D eigenvalue weighted by Crippen LogP contribution is -2.17. The molecule has 0 spiro atoms. The molecule has 0 aromatic carbocycles. The summed E-state index contributed by atoms with van der Waals surface area (Å²) >= 11 is 0. The van der Waals surface area contributed by atoms with E-state index in [1.54, 1.807) is 11.1 Å². The van der Waals surface area contributed by atoms with Crippen LogP contribution in [0.2, 0.25) is 0 Å². The Morgan fingerprint density at radius 1 is 1.36 bits per heavy atom.